The maximum absolute atomic E-state index is 12.5. The number of rotatable bonds is 1. The van der Waals surface area contributed by atoms with Gasteiger partial charge in [-0.2, -0.15) is 0 Å². The summed E-state index contributed by atoms with van der Waals surface area (Å²) in [6.07, 6.45) is 1.39. The largest absolute Gasteiger partial charge is 0.372 e. The maximum atomic E-state index is 12.5. The summed E-state index contributed by atoms with van der Waals surface area (Å²) < 4.78 is 7.20. The van der Waals surface area contributed by atoms with Crippen molar-refractivity contribution in [2.75, 3.05) is 18.8 Å². The molecule has 0 saturated carbocycles. The van der Waals surface area contributed by atoms with Gasteiger partial charge in [0.15, 0.2) is 5.16 Å². The number of morpholine rings is 1. The van der Waals surface area contributed by atoms with Gasteiger partial charge in [-0.15, -0.1) is 0 Å². The summed E-state index contributed by atoms with van der Waals surface area (Å²) in [5, 5.41) is 0.704. The monoisotopic (exact) mass is 295 g/mol. The Balaban J connectivity index is 1.90. The number of carbonyl (C=O) groups excluding carboxylic acids is 1. The van der Waals surface area contributed by atoms with Crippen molar-refractivity contribution in [2.45, 2.75) is 37.8 Å². The van der Waals surface area contributed by atoms with Crippen molar-refractivity contribution in [1.82, 2.24) is 14.5 Å². The quantitative estimate of drug-likeness (QED) is 0.710. The van der Waals surface area contributed by atoms with Gasteiger partial charge in [-0.3, -0.25) is 14.2 Å². The van der Waals surface area contributed by atoms with Crippen molar-refractivity contribution in [1.29, 1.82) is 0 Å². The van der Waals surface area contributed by atoms with Gasteiger partial charge in [0.05, 0.1) is 12.2 Å². The van der Waals surface area contributed by atoms with Crippen LogP contribution in [0.15, 0.2) is 16.1 Å². The lowest BCUT2D eigenvalue weighted by molar-refractivity contribution is -0.0586. The van der Waals surface area contributed by atoms with Gasteiger partial charge in [0, 0.05) is 31.6 Å². The summed E-state index contributed by atoms with van der Waals surface area (Å²) in [6, 6.07) is 0. The van der Waals surface area contributed by atoms with Gasteiger partial charge in [-0.1, -0.05) is 11.8 Å². The predicted molar refractivity (Wildman–Crippen MR) is 75.1 cm³/mol. The molecule has 2 atom stereocenters. The molecule has 2 unspecified atom stereocenters. The van der Waals surface area contributed by atoms with E-state index in [1.54, 1.807) is 21.2 Å². The lowest BCUT2D eigenvalue weighted by Crippen LogP contribution is -2.49. The van der Waals surface area contributed by atoms with Crippen molar-refractivity contribution in [3.63, 3.8) is 0 Å². The molecule has 7 heteroatoms. The lowest BCUT2D eigenvalue weighted by Gasteiger charge is -2.35. The Morgan fingerprint density at radius 2 is 2.10 bits per heavy atom. The molecule has 2 aliphatic rings. The average Bonchev–Trinajstić information content (AvgIpc) is 2.86. The van der Waals surface area contributed by atoms with E-state index >= 15 is 0 Å². The molecule has 1 aromatic rings. The fraction of sp³-hybridized carbons (Fsp3) is 0.615. The third-order valence-corrected chi connectivity index (χ3v) is 4.46. The van der Waals surface area contributed by atoms with Crippen LogP contribution >= 0.6 is 11.8 Å². The Labute approximate surface area is 121 Å². The minimum absolute atomic E-state index is 0.0107. The molecule has 0 bridgehead atoms. The first-order valence-electron chi connectivity index (χ1n) is 6.73. The van der Waals surface area contributed by atoms with Crippen LogP contribution in [-0.4, -0.2) is 51.4 Å². The number of carbonyl (C=O) groups is 1. The summed E-state index contributed by atoms with van der Waals surface area (Å²) in [4.78, 5) is 30.8. The van der Waals surface area contributed by atoms with Gasteiger partial charge >= 0.3 is 0 Å². The summed E-state index contributed by atoms with van der Waals surface area (Å²) in [5.74, 6) is 0.600. The minimum atomic E-state index is -0.239. The standard InChI is InChI=1S/C13H17N3O3S/c1-8-6-15(7-9(2)19-8)11(17)10-5-14-13-16(12(10)18)3-4-20-13/h5,8-9H,3-4,6-7H2,1-2H3. The molecule has 108 valence electrons. The Kier molecular flexibility index (Phi) is 3.55. The Bertz CT molecular complexity index is 591. The van der Waals surface area contributed by atoms with Gasteiger partial charge in [0.2, 0.25) is 0 Å². The van der Waals surface area contributed by atoms with Crippen LogP contribution in [0.2, 0.25) is 0 Å². The molecule has 1 saturated heterocycles. The number of amides is 1. The fourth-order valence-electron chi connectivity index (χ4n) is 2.68. The number of hydrogen-bond acceptors (Lipinski definition) is 5. The van der Waals surface area contributed by atoms with Crippen molar-refractivity contribution in [3.8, 4) is 0 Å². The lowest BCUT2D eigenvalue weighted by atomic mass is 10.2. The van der Waals surface area contributed by atoms with Gasteiger partial charge in [0.1, 0.15) is 5.56 Å². The minimum Gasteiger partial charge on any atom is -0.372 e. The van der Waals surface area contributed by atoms with Crippen LogP contribution in [0, 0.1) is 0 Å². The molecule has 3 rings (SSSR count). The molecule has 3 heterocycles. The number of fused-ring (bicyclic) bond motifs is 1. The van der Waals surface area contributed by atoms with Crippen LogP contribution in [0.4, 0.5) is 0 Å². The van der Waals surface area contributed by atoms with E-state index < -0.39 is 0 Å². The molecule has 1 fully saturated rings. The van der Waals surface area contributed by atoms with Crippen LogP contribution < -0.4 is 5.56 Å². The van der Waals surface area contributed by atoms with E-state index in [1.165, 1.54) is 6.20 Å². The third kappa shape index (κ3) is 2.35. The van der Waals surface area contributed by atoms with Gasteiger partial charge in [0.25, 0.3) is 11.5 Å². The third-order valence-electron chi connectivity index (χ3n) is 3.49. The van der Waals surface area contributed by atoms with E-state index in [9.17, 15) is 9.59 Å². The SMILES string of the molecule is CC1CN(C(=O)c2cnc3n(c2=O)CCS3)CC(C)O1. The summed E-state index contributed by atoms with van der Waals surface area (Å²) in [6.45, 7) is 5.52. The highest BCUT2D eigenvalue weighted by molar-refractivity contribution is 7.99. The van der Waals surface area contributed by atoms with E-state index in [0.717, 1.165) is 5.75 Å². The number of ether oxygens (including phenoxy) is 1. The fourth-order valence-corrected chi connectivity index (χ4v) is 3.59. The van der Waals surface area contributed by atoms with Crippen LogP contribution in [0.1, 0.15) is 24.2 Å². The van der Waals surface area contributed by atoms with Crippen LogP contribution in [0.3, 0.4) is 0 Å². The molecule has 6 nitrogen and oxygen atoms in total. The van der Waals surface area contributed by atoms with Crippen molar-refractivity contribution >= 4 is 17.7 Å². The predicted octanol–water partition coefficient (Wildman–Crippen LogP) is 0.598. The van der Waals surface area contributed by atoms with Crippen LogP contribution in [-0.2, 0) is 11.3 Å². The molecule has 1 aromatic heterocycles. The van der Waals surface area contributed by atoms with E-state index in [4.69, 9.17) is 4.74 Å². The van der Waals surface area contributed by atoms with Crippen molar-refractivity contribution in [3.05, 3.63) is 22.1 Å². The summed E-state index contributed by atoms with van der Waals surface area (Å²) >= 11 is 1.55. The van der Waals surface area contributed by atoms with Gasteiger partial charge in [-0.25, -0.2) is 4.98 Å². The van der Waals surface area contributed by atoms with Crippen LogP contribution in [0.25, 0.3) is 0 Å². The zero-order chi connectivity index (χ0) is 14.3. The van der Waals surface area contributed by atoms with E-state index in [2.05, 4.69) is 4.98 Å². The molecule has 0 aliphatic carbocycles. The first-order valence-corrected chi connectivity index (χ1v) is 7.72. The molecule has 20 heavy (non-hydrogen) atoms. The highest BCUT2D eigenvalue weighted by Gasteiger charge is 2.29. The van der Waals surface area contributed by atoms with Crippen molar-refractivity contribution < 1.29 is 9.53 Å². The average molecular weight is 295 g/mol. The highest BCUT2D eigenvalue weighted by atomic mass is 32.2. The number of nitrogens with zero attached hydrogens (tertiary/aromatic N) is 3. The topological polar surface area (TPSA) is 64.4 Å². The number of aromatic nitrogens is 2. The summed E-state index contributed by atoms with van der Waals surface area (Å²) in [5.41, 5.74) is -0.0608. The molecular formula is C13H17N3O3S. The first kappa shape index (κ1) is 13.6. The molecule has 0 N–H and O–H groups in total. The smallest absolute Gasteiger partial charge is 0.267 e. The normalized spacial score (nSPS) is 25.6. The highest BCUT2D eigenvalue weighted by Crippen LogP contribution is 2.21. The Morgan fingerprint density at radius 3 is 2.80 bits per heavy atom. The van der Waals surface area contributed by atoms with E-state index in [0.29, 0.717) is 24.8 Å². The second-order valence-corrected chi connectivity index (χ2v) is 6.29. The van der Waals surface area contributed by atoms with Gasteiger partial charge in [-0.05, 0) is 13.8 Å². The number of hydrogen-bond donors (Lipinski definition) is 0. The second-order valence-electron chi connectivity index (χ2n) is 5.23. The molecule has 2 aliphatic heterocycles. The number of thioether (sulfide) groups is 1. The maximum Gasteiger partial charge on any atom is 0.267 e. The molecular weight excluding hydrogens is 278 g/mol. The zero-order valence-electron chi connectivity index (χ0n) is 11.5. The van der Waals surface area contributed by atoms with Crippen molar-refractivity contribution in [2.24, 2.45) is 0 Å². The van der Waals surface area contributed by atoms with Gasteiger partial charge < -0.3 is 9.64 Å². The summed E-state index contributed by atoms with van der Waals surface area (Å²) in [7, 11) is 0. The Hall–Kier alpha value is -1.34. The zero-order valence-corrected chi connectivity index (χ0v) is 12.4. The van der Waals surface area contributed by atoms with E-state index in [-0.39, 0.29) is 29.2 Å². The molecule has 0 aromatic carbocycles. The molecule has 0 radical (unpaired) electrons. The second kappa shape index (κ2) is 5.21. The van der Waals surface area contributed by atoms with E-state index in [1.807, 2.05) is 13.8 Å². The Morgan fingerprint density at radius 1 is 1.40 bits per heavy atom. The molecule has 1 amide bonds. The van der Waals surface area contributed by atoms with Crippen LogP contribution in [0.5, 0.6) is 0 Å². The first-order chi connectivity index (χ1) is 9.56. The molecule has 0 spiro atoms.